The minimum absolute atomic E-state index is 0.0390. The van der Waals surface area contributed by atoms with Crippen molar-refractivity contribution in [2.45, 2.75) is 114 Å². The highest BCUT2D eigenvalue weighted by atomic mass is 35.5. The average molecular weight is 789 g/mol. The number of fused-ring (bicyclic) bond motifs is 5. The highest BCUT2D eigenvalue weighted by Gasteiger charge is 2.64. The lowest BCUT2D eigenvalue weighted by molar-refractivity contribution is -0.162. The number of allylic oxidation sites excluding steroid dienone is 3. The number of hydrogen-bond acceptors (Lipinski definition) is 11. The molecule has 0 spiro atoms. The van der Waals surface area contributed by atoms with Crippen LogP contribution in [0.5, 0.6) is 5.75 Å². The van der Waals surface area contributed by atoms with E-state index in [4.69, 9.17) is 47.6 Å². The SMILES string of the molecule is [2H]C([2H])([2H])N(C(=O)CC([2H])([2H])C([2H])([2H])C([2H])([2H])CS)[C@H](C)C(=O)O[C@H]1CC(=O)N(C)c2cc(cc(OC)c2Cl)C/C(C)=C/C=C/[C@@H](OC)[C@@]2(O)C[C@H](OC(=O)N2)[C@@H](C)[C@@H]2O[C@@]12C. The van der Waals surface area contributed by atoms with Crippen LogP contribution in [0.25, 0.3) is 0 Å². The van der Waals surface area contributed by atoms with Gasteiger partial charge in [0.1, 0.15) is 40.7 Å². The molecular weight excluding hydrogens is 726 g/mol. The number of hydrogen-bond donors (Lipinski definition) is 3. The summed E-state index contributed by atoms with van der Waals surface area (Å²) in [6.07, 6.45) is -12.0. The number of carbonyl (C=O) groups is 4. The molecule has 0 radical (unpaired) electrons. The maximum absolute atomic E-state index is 14.3. The Hall–Kier alpha value is -3.30. The number of benzene rings is 1. The highest BCUT2D eigenvalue weighted by Crippen LogP contribution is 2.49. The number of thiol groups is 1. The van der Waals surface area contributed by atoms with Crippen molar-refractivity contribution in [2.24, 2.45) is 5.92 Å². The van der Waals surface area contributed by atoms with Crippen LogP contribution in [-0.2, 0) is 39.8 Å². The summed E-state index contributed by atoms with van der Waals surface area (Å²) in [5.74, 6) is -4.88. The first-order chi connectivity index (χ1) is 28.4. The van der Waals surface area contributed by atoms with E-state index in [9.17, 15) is 24.3 Å². The molecule has 0 aliphatic carbocycles. The molecule has 3 aliphatic heterocycles. The number of alkyl carbamates (subject to hydrolysis) is 1. The highest BCUT2D eigenvalue weighted by molar-refractivity contribution is 7.80. The van der Waals surface area contributed by atoms with Gasteiger partial charge in [0.2, 0.25) is 11.8 Å². The van der Waals surface area contributed by atoms with E-state index in [1.165, 1.54) is 33.1 Å². The predicted molar refractivity (Wildman–Crippen MR) is 203 cm³/mol. The summed E-state index contributed by atoms with van der Waals surface area (Å²) in [4.78, 5) is 56.2. The average Bonchev–Trinajstić information content (AvgIpc) is 3.86. The Morgan fingerprint density at radius 2 is 2.02 bits per heavy atom. The lowest BCUT2D eigenvalue weighted by atomic mass is 9.83. The number of likely N-dealkylation sites (N-methyl/N-ethyl adjacent to an activating group) is 1. The van der Waals surface area contributed by atoms with Gasteiger partial charge < -0.3 is 38.6 Å². The van der Waals surface area contributed by atoms with Crippen LogP contribution in [0.1, 0.15) is 84.0 Å². The zero-order valence-corrected chi connectivity index (χ0v) is 32.4. The quantitative estimate of drug-likeness (QED) is 0.168. The molecule has 15 heteroatoms. The molecule has 2 saturated heterocycles. The second-order valence-electron chi connectivity index (χ2n) is 13.5. The van der Waals surface area contributed by atoms with Crippen molar-refractivity contribution in [3.05, 3.63) is 46.5 Å². The summed E-state index contributed by atoms with van der Waals surface area (Å²) in [6.45, 7) is 2.56. The number of carbonyl (C=O) groups excluding carboxylic acids is 4. The predicted octanol–water partition coefficient (Wildman–Crippen LogP) is 5.00. The van der Waals surface area contributed by atoms with E-state index in [1.807, 2.05) is 6.92 Å². The minimum atomic E-state index is -3.43. The maximum atomic E-state index is 14.3. The second-order valence-corrected chi connectivity index (χ2v) is 14.2. The molecule has 0 aromatic heterocycles. The number of nitrogens with one attached hydrogen (secondary N) is 1. The molecule has 0 unspecified atom stereocenters. The molecular formula is C38H54ClN3O10S. The number of rotatable bonds is 10. The Morgan fingerprint density at radius 1 is 1.28 bits per heavy atom. The third-order valence-corrected chi connectivity index (χ3v) is 10.2. The lowest BCUT2D eigenvalue weighted by Crippen LogP contribution is -2.63. The fraction of sp³-hybridized carbons (Fsp3) is 0.632. The summed E-state index contributed by atoms with van der Waals surface area (Å²) < 4.78 is 102. The molecule has 53 heavy (non-hydrogen) atoms. The summed E-state index contributed by atoms with van der Waals surface area (Å²) >= 11 is 10.5. The molecule has 2 N–H and O–H groups in total. The number of halogens is 1. The van der Waals surface area contributed by atoms with Crippen molar-refractivity contribution in [3.8, 4) is 5.75 Å². The minimum Gasteiger partial charge on any atom is -0.495 e. The molecule has 3 amide bonds. The van der Waals surface area contributed by atoms with Crippen LogP contribution in [0.2, 0.25) is 5.02 Å². The number of methoxy groups -OCH3 is 2. The number of anilines is 1. The first-order valence-corrected chi connectivity index (χ1v) is 17.9. The molecule has 294 valence electrons. The van der Waals surface area contributed by atoms with Crippen LogP contribution < -0.4 is 15.0 Å². The summed E-state index contributed by atoms with van der Waals surface area (Å²) in [7, 11) is 4.18. The van der Waals surface area contributed by atoms with Crippen LogP contribution in [0.4, 0.5) is 10.5 Å². The van der Waals surface area contributed by atoms with E-state index in [1.54, 1.807) is 37.3 Å². The molecule has 13 nitrogen and oxygen atoms in total. The van der Waals surface area contributed by atoms with E-state index < -0.39 is 116 Å². The van der Waals surface area contributed by atoms with Gasteiger partial charge in [0.05, 0.1) is 25.3 Å². The van der Waals surface area contributed by atoms with Gasteiger partial charge in [-0.1, -0.05) is 48.7 Å². The number of epoxide rings is 1. The summed E-state index contributed by atoms with van der Waals surface area (Å²) in [5, 5.41) is 14.3. The van der Waals surface area contributed by atoms with Crippen molar-refractivity contribution in [2.75, 3.05) is 38.9 Å². The zero-order chi connectivity index (χ0) is 47.1. The molecule has 4 rings (SSSR count). The van der Waals surface area contributed by atoms with E-state index in [-0.39, 0.29) is 27.8 Å². The fourth-order valence-electron chi connectivity index (χ4n) is 6.47. The standard InChI is InChI=1S/C38H54ClN3O10S/c1-22-13-12-14-29(49-8)38(47)21-28(50-36(46)40-38)23(2)34-37(4,52-34)30(51-35(45)24(3)41(5)31(43)15-10-9-11-16-53)20-32(44)42(6)26-18-25(17-22)19-27(48-7)33(26)39/h12-14,18-19,23-24,28-30,34,47,53H,9-11,15-17,20-21H2,1-8H3,(H,40,46)/b14-12+,22-13+/t23-,24-,28+,29-,30+,34+,37+,38+/m1/s1/i5D3,9D2,10D2,11D2. The molecule has 1 aromatic carbocycles. The van der Waals surface area contributed by atoms with Gasteiger partial charge in [0.15, 0.2) is 5.72 Å². The molecule has 4 bridgehead atoms. The fourth-order valence-corrected chi connectivity index (χ4v) is 6.86. The maximum Gasteiger partial charge on any atom is 0.409 e. The number of nitrogens with zero attached hydrogens (tertiary/aromatic N) is 2. The van der Waals surface area contributed by atoms with Crippen LogP contribution in [0.3, 0.4) is 0 Å². The monoisotopic (exact) mass is 788 g/mol. The van der Waals surface area contributed by atoms with Crippen LogP contribution in [-0.4, -0.2) is 110 Å². The van der Waals surface area contributed by atoms with Gasteiger partial charge in [-0.25, -0.2) is 9.59 Å². The van der Waals surface area contributed by atoms with E-state index in [0.29, 0.717) is 12.0 Å². The Morgan fingerprint density at radius 3 is 2.68 bits per heavy atom. The number of aliphatic hydroxyl groups is 1. The molecule has 2 fully saturated rings. The van der Waals surface area contributed by atoms with Crippen LogP contribution in [0.15, 0.2) is 35.9 Å². The van der Waals surface area contributed by atoms with Gasteiger partial charge in [-0.2, -0.15) is 12.6 Å². The first-order valence-electron chi connectivity index (χ1n) is 21.4. The molecule has 0 saturated carbocycles. The number of amides is 3. The Balaban J connectivity index is 1.78. The topological polar surface area (TPSA) is 156 Å². The van der Waals surface area contributed by atoms with Crippen LogP contribution in [0, 0.1) is 5.92 Å². The normalized spacial score (nSPS) is 34.8. The summed E-state index contributed by atoms with van der Waals surface area (Å²) in [5.41, 5.74) is -1.78. The lowest BCUT2D eigenvalue weighted by Gasteiger charge is -2.42. The van der Waals surface area contributed by atoms with Crippen molar-refractivity contribution in [1.29, 1.82) is 0 Å². The van der Waals surface area contributed by atoms with Gasteiger partial charge in [-0.3, -0.25) is 14.9 Å². The Bertz CT molecular complexity index is 1960. The second kappa shape index (κ2) is 17.9. The van der Waals surface area contributed by atoms with Gasteiger partial charge in [0, 0.05) is 52.2 Å². The molecule has 1 aromatic rings. The van der Waals surface area contributed by atoms with E-state index >= 15 is 0 Å². The molecule has 3 aliphatic rings. The smallest absolute Gasteiger partial charge is 0.409 e. The van der Waals surface area contributed by atoms with Gasteiger partial charge in [0.25, 0.3) is 0 Å². The third kappa shape index (κ3) is 9.88. The Labute approximate surface area is 335 Å². The van der Waals surface area contributed by atoms with Gasteiger partial charge in [-0.05, 0) is 63.4 Å². The number of esters is 1. The van der Waals surface area contributed by atoms with Crippen molar-refractivity contribution in [3.63, 3.8) is 0 Å². The van der Waals surface area contributed by atoms with Gasteiger partial charge >= 0.3 is 12.1 Å². The van der Waals surface area contributed by atoms with Gasteiger partial charge in [-0.15, -0.1) is 0 Å². The molecule has 3 heterocycles. The van der Waals surface area contributed by atoms with Crippen molar-refractivity contribution in [1.82, 2.24) is 10.2 Å². The first kappa shape index (κ1) is 31.0. The van der Waals surface area contributed by atoms with E-state index in [0.717, 1.165) is 12.5 Å². The number of ether oxygens (including phenoxy) is 5. The zero-order valence-electron chi connectivity index (χ0n) is 39.7. The Kier molecular flexibility index (Phi) is 10.5. The summed E-state index contributed by atoms with van der Waals surface area (Å²) in [6, 6.07) is 1.35. The van der Waals surface area contributed by atoms with Crippen LogP contribution >= 0.6 is 24.2 Å². The van der Waals surface area contributed by atoms with Crippen molar-refractivity contribution < 1.29 is 60.3 Å². The largest absolute Gasteiger partial charge is 0.495 e. The molecule has 8 atom stereocenters. The van der Waals surface area contributed by atoms with E-state index in [2.05, 4.69) is 17.9 Å². The van der Waals surface area contributed by atoms with Crippen molar-refractivity contribution >= 4 is 53.8 Å². The third-order valence-electron chi connectivity index (χ3n) is 9.70.